The summed E-state index contributed by atoms with van der Waals surface area (Å²) < 4.78 is 17.6. The molecule has 464 valence electrons. The van der Waals surface area contributed by atoms with E-state index in [-0.39, 0.29) is 19.4 Å². The Kier molecular flexibility index (Phi) is 53.1. The Morgan fingerprint density at radius 2 is 0.900 bits per heavy atom. The van der Waals surface area contributed by atoms with E-state index >= 15 is 0 Å². The van der Waals surface area contributed by atoms with E-state index in [1.807, 2.05) is 6.08 Å². The molecule has 80 heavy (non-hydrogen) atoms. The van der Waals surface area contributed by atoms with Crippen molar-refractivity contribution >= 4 is 11.9 Å². The topological polar surface area (TPSA) is 175 Å². The average Bonchev–Trinajstić information content (AvgIpc) is 3.46. The molecule has 8 atom stereocenters. The molecule has 1 heterocycles. The maximum Gasteiger partial charge on any atom is 0.306 e. The fraction of sp³-hybridized carbons (Fsp3) is 0.797. The van der Waals surface area contributed by atoms with Crippen LogP contribution in [0.3, 0.4) is 0 Å². The number of carbonyl (C=O) groups excluding carboxylic acids is 2. The van der Waals surface area contributed by atoms with Crippen LogP contribution < -0.4 is 5.32 Å². The minimum Gasteiger partial charge on any atom is -0.454 e. The summed E-state index contributed by atoms with van der Waals surface area (Å²) >= 11 is 0. The van der Waals surface area contributed by atoms with Crippen LogP contribution >= 0.6 is 0 Å². The average molecular weight is 1130 g/mol. The first-order valence-corrected chi connectivity index (χ1v) is 33.2. The summed E-state index contributed by atoms with van der Waals surface area (Å²) in [6.45, 7) is 5.74. The number of ether oxygens (including phenoxy) is 3. The fourth-order valence-corrected chi connectivity index (χ4v) is 10.1. The van der Waals surface area contributed by atoms with E-state index in [2.05, 4.69) is 86.8 Å². The van der Waals surface area contributed by atoms with E-state index in [1.165, 1.54) is 141 Å². The van der Waals surface area contributed by atoms with Crippen LogP contribution in [0.5, 0.6) is 0 Å². The van der Waals surface area contributed by atoms with Gasteiger partial charge in [-0.15, -0.1) is 0 Å². The van der Waals surface area contributed by atoms with Gasteiger partial charge >= 0.3 is 5.97 Å². The monoisotopic (exact) mass is 1130 g/mol. The highest BCUT2D eigenvalue weighted by Crippen LogP contribution is 2.26. The van der Waals surface area contributed by atoms with Crippen LogP contribution in [0.25, 0.3) is 0 Å². The zero-order valence-corrected chi connectivity index (χ0v) is 51.4. The standard InChI is InChI=1S/C69H123NO10/c1-4-7-10-13-16-19-22-25-27-28-29-30-31-32-33-34-35-37-38-41-44-47-50-53-56-62(73)68(77)70-60(61(72)55-52-49-46-43-40-24-21-18-15-12-9-6-3)59-78-69-67(66(76)65(75)63(58-71)79-69)80-64(74)57-54-51-48-45-42-39-36-26-23-20-17-14-11-8-5-2/h16-17,19-20,23,25-27,29-30,52,55,60-63,65-67,69,71-73,75-76H,4-15,18,21-22,24,28,31-51,53-54,56-59H2,1-3H3,(H,70,77)/b19-16-,20-17+,26-23+,27-25-,30-29-,55-52+. The predicted octanol–water partition coefficient (Wildman–Crippen LogP) is 16.3. The summed E-state index contributed by atoms with van der Waals surface area (Å²) in [5, 5.41) is 57.1. The maximum atomic E-state index is 13.5. The van der Waals surface area contributed by atoms with Crippen molar-refractivity contribution in [2.24, 2.45) is 0 Å². The number of hydrogen-bond donors (Lipinski definition) is 6. The van der Waals surface area contributed by atoms with Gasteiger partial charge < -0.3 is 45.1 Å². The SMILES string of the molecule is CCCCC/C=C\C/C=C\C/C=C\CCCCCCCCCCCCCC(O)C(=O)NC(COC1OC(CO)C(O)C(O)C1OC(=O)CCCCCCCC/C=C/C=C/CCCCC)C(O)/C=C/CCCCCCCCCCCC. The highest BCUT2D eigenvalue weighted by Gasteiger charge is 2.47. The highest BCUT2D eigenvalue weighted by atomic mass is 16.7. The van der Waals surface area contributed by atoms with Crippen molar-refractivity contribution in [1.82, 2.24) is 5.32 Å². The molecule has 0 spiro atoms. The molecule has 11 heteroatoms. The lowest BCUT2D eigenvalue weighted by Crippen LogP contribution is -2.61. The van der Waals surface area contributed by atoms with Gasteiger partial charge in [0.05, 0.1) is 25.4 Å². The van der Waals surface area contributed by atoms with Crippen LogP contribution in [0.2, 0.25) is 0 Å². The van der Waals surface area contributed by atoms with Crippen molar-refractivity contribution in [3.63, 3.8) is 0 Å². The molecule has 0 aliphatic carbocycles. The van der Waals surface area contributed by atoms with Gasteiger partial charge in [-0.2, -0.15) is 0 Å². The van der Waals surface area contributed by atoms with E-state index in [0.29, 0.717) is 12.8 Å². The van der Waals surface area contributed by atoms with Gasteiger partial charge in [-0.3, -0.25) is 9.59 Å². The Labute approximate surface area is 490 Å². The number of amides is 1. The van der Waals surface area contributed by atoms with Crippen LogP contribution in [0.4, 0.5) is 0 Å². The summed E-state index contributed by atoms with van der Waals surface area (Å²) in [6, 6.07) is -1.03. The van der Waals surface area contributed by atoms with Crippen molar-refractivity contribution in [1.29, 1.82) is 0 Å². The van der Waals surface area contributed by atoms with Crippen LogP contribution in [0.15, 0.2) is 72.9 Å². The van der Waals surface area contributed by atoms with Gasteiger partial charge in [-0.1, -0.05) is 267 Å². The van der Waals surface area contributed by atoms with Gasteiger partial charge in [0, 0.05) is 6.42 Å². The van der Waals surface area contributed by atoms with E-state index in [4.69, 9.17) is 14.2 Å². The molecule has 1 aliphatic rings. The number of esters is 1. The van der Waals surface area contributed by atoms with Crippen molar-refractivity contribution in [2.45, 2.75) is 339 Å². The molecule has 11 nitrogen and oxygen atoms in total. The zero-order valence-electron chi connectivity index (χ0n) is 51.4. The van der Waals surface area contributed by atoms with Crippen molar-refractivity contribution < 1.29 is 49.3 Å². The molecule has 1 amide bonds. The van der Waals surface area contributed by atoms with Gasteiger partial charge in [-0.25, -0.2) is 0 Å². The number of carbonyl (C=O) groups is 2. The number of hydrogen-bond acceptors (Lipinski definition) is 10. The van der Waals surface area contributed by atoms with Gasteiger partial charge in [0.2, 0.25) is 5.91 Å². The van der Waals surface area contributed by atoms with Crippen molar-refractivity contribution in [3.05, 3.63) is 72.9 Å². The Hall–Kier alpha value is -2.90. The minimum atomic E-state index is -1.62. The second-order valence-corrected chi connectivity index (χ2v) is 22.9. The molecule has 0 bridgehead atoms. The third-order valence-corrected chi connectivity index (χ3v) is 15.4. The Bertz CT molecular complexity index is 1580. The number of aliphatic hydroxyl groups excluding tert-OH is 5. The van der Waals surface area contributed by atoms with E-state index in [0.717, 1.165) is 103 Å². The number of allylic oxidation sites excluding steroid dienone is 11. The zero-order chi connectivity index (χ0) is 58.2. The molecule has 0 saturated carbocycles. The first kappa shape index (κ1) is 75.1. The summed E-state index contributed by atoms with van der Waals surface area (Å²) in [7, 11) is 0. The Morgan fingerprint density at radius 1 is 0.500 bits per heavy atom. The third kappa shape index (κ3) is 43.7. The largest absolute Gasteiger partial charge is 0.454 e. The van der Waals surface area contributed by atoms with Gasteiger partial charge in [0.1, 0.15) is 24.4 Å². The van der Waals surface area contributed by atoms with Crippen LogP contribution in [0.1, 0.15) is 290 Å². The lowest BCUT2D eigenvalue weighted by atomic mass is 9.99. The number of unbranched alkanes of at least 4 members (excludes halogenated alkanes) is 33. The molecular weight excluding hydrogens is 1000 g/mol. The molecule has 6 N–H and O–H groups in total. The molecule has 1 rings (SSSR count). The molecule has 0 aromatic heterocycles. The molecule has 1 aliphatic heterocycles. The van der Waals surface area contributed by atoms with Gasteiger partial charge in [0.25, 0.3) is 0 Å². The first-order chi connectivity index (χ1) is 39.2. The summed E-state index contributed by atoms with van der Waals surface area (Å²) in [5.41, 5.74) is 0. The molecule has 0 radical (unpaired) electrons. The number of aliphatic hydroxyl groups is 5. The van der Waals surface area contributed by atoms with Crippen molar-refractivity contribution in [3.8, 4) is 0 Å². The lowest BCUT2D eigenvalue weighted by Gasteiger charge is -2.41. The molecular formula is C69H123NO10. The van der Waals surface area contributed by atoms with Crippen LogP contribution in [-0.4, -0.2) is 99.6 Å². The molecule has 1 fully saturated rings. The summed E-state index contributed by atoms with van der Waals surface area (Å²) in [5.74, 6) is -1.21. The first-order valence-electron chi connectivity index (χ1n) is 33.2. The Morgan fingerprint density at radius 3 is 1.39 bits per heavy atom. The maximum absolute atomic E-state index is 13.5. The van der Waals surface area contributed by atoms with E-state index in [1.54, 1.807) is 6.08 Å². The second kappa shape index (κ2) is 56.6. The number of rotatable bonds is 56. The predicted molar refractivity (Wildman–Crippen MR) is 333 cm³/mol. The summed E-state index contributed by atoms with van der Waals surface area (Å²) in [6.07, 6.45) is 62.2. The molecule has 1 saturated heterocycles. The molecule has 0 aromatic rings. The minimum absolute atomic E-state index is 0.109. The van der Waals surface area contributed by atoms with Crippen LogP contribution in [-0.2, 0) is 23.8 Å². The van der Waals surface area contributed by atoms with Crippen molar-refractivity contribution in [2.75, 3.05) is 13.2 Å². The molecule has 0 aromatic carbocycles. The van der Waals surface area contributed by atoms with Crippen LogP contribution in [0, 0.1) is 0 Å². The lowest BCUT2D eigenvalue weighted by molar-refractivity contribution is -0.305. The van der Waals surface area contributed by atoms with E-state index < -0.39 is 67.4 Å². The highest BCUT2D eigenvalue weighted by molar-refractivity contribution is 5.80. The molecule has 8 unspecified atom stereocenters. The summed E-state index contributed by atoms with van der Waals surface area (Å²) in [4.78, 5) is 26.6. The smallest absolute Gasteiger partial charge is 0.306 e. The van der Waals surface area contributed by atoms with E-state index in [9.17, 15) is 35.1 Å². The Balaban J connectivity index is 2.62. The second-order valence-electron chi connectivity index (χ2n) is 22.9. The fourth-order valence-electron chi connectivity index (χ4n) is 10.1. The van der Waals surface area contributed by atoms with Gasteiger partial charge in [-0.05, 0) is 89.9 Å². The number of nitrogens with one attached hydrogen (secondary N) is 1. The normalized spacial score (nSPS) is 19.2. The van der Waals surface area contributed by atoms with Gasteiger partial charge in [0.15, 0.2) is 12.4 Å². The quantitative estimate of drug-likeness (QED) is 0.0149. The third-order valence-electron chi connectivity index (χ3n) is 15.4.